The second kappa shape index (κ2) is 8.47. The second-order valence-electron chi connectivity index (χ2n) is 7.54. The molecule has 12 heteroatoms. The topological polar surface area (TPSA) is 51.3 Å². The molecule has 0 bridgehead atoms. The molecule has 0 amide bonds. The number of ether oxygens (including phenoxy) is 2. The maximum Gasteiger partial charge on any atom is 0.346 e. The van der Waals surface area contributed by atoms with Gasteiger partial charge in [0.2, 0.25) is 34.8 Å². The Hall–Kier alpha value is -2.33. The number of aromatic amines is 1. The first-order valence-corrected chi connectivity index (χ1v) is 10.3. The van der Waals surface area contributed by atoms with Gasteiger partial charge in [0.25, 0.3) is 0 Å². The molecule has 0 spiro atoms. The van der Waals surface area contributed by atoms with Crippen LogP contribution in [-0.2, 0) is 10.2 Å². The summed E-state index contributed by atoms with van der Waals surface area (Å²) in [5.41, 5.74) is -0.568. The lowest BCUT2D eigenvalue weighted by molar-refractivity contribution is -0.0522. The molecule has 174 valence electrons. The molecule has 1 aliphatic rings. The van der Waals surface area contributed by atoms with E-state index in [4.69, 9.17) is 44.3 Å². The van der Waals surface area contributed by atoms with Crippen LogP contribution in [0.2, 0.25) is 15.1 Å². The number of aromatic nitrogens is 1. The Labute approximate surface area is 198 Å². The molecule has 0 saturated carbocycles. The molecule has 1 aliphatic heterocycles. The van der Waals surface area contributed by atoms with E-state index < -0.39 is 46.2 Å². The van der Waals surface area contributed by atoms with Crippen molar-refractivity contribution in [3.8, 4) is 16.9 Å². The molecule has 2 aromatic carbocycles. The van der Waals surface area contributed by atoms with Crippen LogP contribution in [0.1, 0.15) is 23.0 Å². The fourth-order valence-electron chi connectivity index (χ4n) is 3.48. The number of nitrogens with one attached hydrogen (secondary N) is 1. The van der Waals surface area contributed by atoms with Crippen molar-refractivity contribution in [3.63, 3.8) is 0 Å². The molecule has 0 radical (unpaired) electrons. The van der Waals surface area contributed by atoms with Crippen LogP contribution >= 0.6 is 34.8 Å². The SMILES string of the molecule is CC1(c2[nH]cc(-c3c(Cl)cc(Cl)cc3Cl)c2C(=O)Oc2c(F)c(F)c(F)c(F)c2F)COC1. The monoisotopic (exact) mass is 525 g/mol. The van der Waals surface area contributed by atoms with Crippen LogP contribution in [0.4, 0.5) is 22.0 Å². The Morgan fingerprint density at radius 3 is 1.97 bits per heavy atom. The van der Waals surface area contributed by atoms with Gasteiger partial charge in [0.05, 0.1) is 34.2 Å². The minimum absolute atomic E-state index is 0.0401. The number of hydrogen-bond donors (Lipinski definition) is 1. The van der Waals surface area contributed by atoms with E-state index in [9.17, 15) is 26.7 Å². The van der Waals surface area contributed by atoms with E-state index in [2.05, 4.69) is 4.98 Å². The molecule has 1 N–H and O–H groups in total. The third-order valence-electron chi connectivity index (χ3n) is 5.17. The number of rotatable bonds is 4. The van der Waals surface area contributed by atoms with Crippen molar-refractivity contribution < 1.29 is 36.2 Å². The highest BCUT2D eigenvalue weighted by Crippen LogP contribution is 2.43. The second-order valence-corrected chi connectivity index (χ2v) is 8.79. The minimum atomic E-state index is -2.38. The van der Waals surface area contributed by atoms with Crippen molar-refractivity contribution in [2.45, 2.75) is 12.3 Å². The van der Waals surface area contributed by atoms with Crippen LogP contribution in [0.5, 0.6) is 5.75 Å². The molecule has 4 rings (SSSR count). The van der Waals surface area contributed by atoms with Crippen LogP contribution in [0, 0.1) is 29.1 Å². The van der Waals surface area contributed by atoms with Crippen molar-refractivity contribution in [2.24, 2.45) is 0 Å². The molecule has 3 aromatic rings. The van der Waals surface area contributed by atoms with Crippen LogP contribution in [-0.4, -0.2) is 24.2 Å². The maximum atomic E-state index is 14.1. The highest BCUT2D eigenvalue weighted by Gasteiger charge is 2.42. The van der Waals surface area contributed by atoms with E-state index >= 15 is 0 Å². The Balaban J connectivity index is 1.89. The third kappa shape index (κ3) is 3.86. The Morgan fingerprint density at radius 1 is 0.970 bits per heavy atom. The summed E-state index contributed by atoms with van der Waals surface area (Å²) < 4.78 is 78.7. The summed E-state index contributed by atoms with van der Waals surface area (Å²) in [4.78, 5) is 16.0. The lowest BCUT2D eigenvalue weighted by Gasteiger charge is -2.38. The normalized spacial score (nSPS) is 14.8. The molecule has 33 heavy (non-hydrogen) atoms. The molecule has 1 saturated heterocycles. The van der Waals surface area contributed by atoms with E-state index in [1.54, 1.807) is 6.92 Å². The summed E-state index contributed by atoms with van der Waals surface area (Å²) in [6.45, 7) is 2.09. The zero-order valence-electron chi connectivity index (χ0n) is 16.4. The summed E-state index contributed by atoms with van der Waals surface area (Å²) >= 11 is 18.5. The van der Waals surface area contributed by atoms with E-state index in [-0.39, 0.29) is 50.7 Å². The van der Waals surface area contributed by atoms with Gasteiger partial charge in [-0.25, -0.2) is 18.0 Å². The molecule has 0 atom stereocenters. The Bertz CT molecular complexity index is 1250. The number of carbonyl (C=O) groups is 1. The molecular weight excluding hydrogens is 516 g/mol. The van der Waals surface area contributed by atoms with Crippen molar-refractivity contribution >= 4 is 40.8 Å². The maximum absolute atomic E-state index is 14.1. The predicted octanol–water partition coefficient (Wildman–Crippen LogP) is 6.84. The average molecular weight is 527 g/mol. The smallest absolute Gasteiger partial charge is 0.346 e. The van der Waals surface area contributed by atoms with Crippen molar-refractivity contribution in [1.82, 2.24) is 4.98 Å². The molecule has 2 heterocycles. The van der Waals surface area contributed by atoms with Crippen LogP contribution in [0.15, 0.2) is 18.3 Å². The first-order chi connectivity index (χ1) is 15.5. The van der Waals surface area contributed by atoms with Gasteiger partial charge < -0.3 is 14.5 Å². The van der Waals surface area contributed by atoms with E-state index in [1.807, 2.05) is 0 Å². The van der Waals surface area contributed by atoms with Gasteiger partial charge in [-0.15, -0.1) is 0 Å². The highest BCUT2D eigenvalue weighted by molar-refractivity contribution is 6.42. The number of hydrogen-bond acceptors (Lipinski definition) is 3. The zero-order valence-corrected chi connectivity index (χ0v) is 18.7. The summed E-state index contributed by atoms with van der Waals surface area (Å²) in [6, 6.07) is 2.70. The van der Waals surface area contributed by atoms with Crippen molar-refractivity contribution in [1.29, 1.82) is 0 Å². The lowest BCUT2D eigenvalue weighted by atomic mass is 9.82. The standard InChI is InChI=1S/C21H11Cl3F5NO3/c1-21(5-32-6-21)19-12(8(4-30-19)11-9(23)2-7(22)3-10(11)24)20(31)33-18-16(28)14(26)13(25)15(27)17(18)29/h2-4,30H,5-6H2,1H3. The van der Waals surface area contributed by atoms with Crippen LogP contribution < -0.4 is 4.74 Å². The molecule has 0 unspecified atom stereocenters. The van der Waals surface area contributed by atoms with E-state index in [0.29, 0.717) is 0 Å². The largest absolute Gasteiger partial charge is 0.416 e. The van der Waals surface area contributed by atoms with Gasteiger partial charge in [-0.3, -0.25) is 0 Å². The summed E-state index contributed by atoms with van der Waals surface area (Å²) in [5, 5.41) is 0.283. The first-order valence-electron chi connectivity index (χ1n) is 9.14. The number of esters is 1. The van der Waals surface area contributed by atoms with Crippen molar-refractivity contribution in [2.75, 3.05) is 13.2 Å². The Morgan fingerprint density at radius 2 is 1.48 bits per heavy atom. The highest BCUT2D eigenvalue weighted by atomic mass is 35.5. The van der Waals surface area contributed by atoms with Gasteiger partial charge in [0.1, 0.15) is 0 Å². The molecule has 0 aliphatic carbocycles. The number of halogens is 8. The fourth-order valence-corrected chi connectivity index (χ4v) is 4.50. The van der Waals surface area contributed by atoms with Gasteiger partial charge in [-0.1, -0.05) is 34.8 Å². The van der Waals surface area contributed by atoms with Gasteiger partial charge in [-0.2, -0.15) is 8.78 Å². The van der Waals surface area contributed by atoms with Crippen LogP contribution in [0.3, 0.4) is 0 Å². The predicted molar refractivity (Wildman–Crippen MR) is 111 cm³/mol. The molecule has 1 fully saturated rings. The number of H-pyrrole nitrogens is 1. The van der Waals surface area contributed by atoms with Gasteiger partial charge >= 0.3 is 5.97 Å². The summed E-state index contributed by atoms with van der Waals surface area (Å²) in [7, 11) is 0. The Kier molecular flexibility index (Phi) is 6.11. The van der Waals surface area contributed by atoms with Gasteiger partial charge in [-0.05, 0) is 19.1 Å². The van der Waals surface area contributed by atoms with Gasteiger partial charge in [0.15, 0.2) is 0 Å². The van der Waals surface area contributed by atoms with Crippen LogP contribution in [0.25, 0.3) is 11.1 Å². The summed E-state index contributed by atoms with van der Waals surface area (Å²) in [6.07, 6.45) is 1.36. The average Bonchev–Trinajstić information content (AvgIpc) is 3.16. The molecular formula is C21H11Cl3F5NO3. The van der Waals surface area contributed by atoms with E-state index in [1.165, 1.54) is 18.3 Å². The third-order valence-corrected chi connectivity index (χ3v) is 5.98. The fraction of sp³-hybridized carbons (Fsp3) is 0.190. The van der Waals surface area contributed by atoms with E-state index in [0.717, 1.165) is 0 Å². The number of benzene rings is 2. The minimum Gasteiger partial charge on any atom is -0.416 e. The zero-order chi connectivity index (χ0) is 24.2. The molecule has 1 aromatic heterocycles. The lowest BCUT2D eigenvalue weighted by Crippen LogP contribution is -2.45. The van der Waals surface area contributed by atoms with Crippen molar-refractivity contribution in [3.05, 3.63) is 73.7 Å². The first kappa shape index (κ1) is 23.8. The van der Waals surface area contributed by atoms with Gasteiger partial charge in [0, 0.05) is 28.0 Å². The quantitative estimate of drug-likeness (QED) is 0.133. The molecule has 4 nitrogen and oxygen atoms in total. The summed E-state index contributed by atoms with van der Waals surface area (Å²) in [5.74, 6) is -14.6. The number of carbonyl (C=O) groups excluding carboxylic acids is 1.